The molecule has 0 spiro atoms. The van der Waals surface area contributed by atoms with E-state index in [-0.39, 0.29) is 15.5 Å². The van der Waals surface area contributed by atoms with Gasteiger partial charge in [0, 0.05) is 0 Å². The van der Waals surface area contributed by atoms with Crippen LogP contribution >= 0.6 is 11.6 Å². The first-order valence-corrected chi connectivity index (χ1v) is 8.54. The van der Waals surface area contributed by atoms with Gasteiger partial charge in [-0.2, -0.15) is 13.7 Å². The van der Waals surface area contributed by atoms with Crippen molar-refractivity contribution in [1.29, 1.82) is 5.26 Å². The molecule has 0 fully saturated rings. The lowest BCUT2D eigenvalue weighted by atomic mass is 10.1. The highest BCUT2D eigenvalue weighted by Crippen LogP contribution is 2.28. The Bertz CT molecular complexity index is 885. The average Bonchev–Trinajstić information content (AvgIpc) is 2.94. The third kappa shape index (κ3) is 2.80. The van der Waals surface area contributed by atoms with Crippen LogP contribution < -0.4 is 4.18 Å². The van der Waals surface area contributed by atoms with Gasteiger partial charge in [-0.25, -0.2) is 0 Å². The molecule has 1 aliphatic carbocycles. The van der Waals surface area contributed by atoms with Crippen molar-refractivity contribution in [1.82, 2.24) is 0 Å². The van der Waals surface area contributed by atoms with E-state index < -0.39 is 10.1 Å². The molecule has 0 atom stereocenters. The summed E-state index contributed by atoms with van der Waals surface area (Å²) in [5.41, 5.74) is 2.59. The number of hydrogen-bond acceptors (Lipinski definition) is 4. The van der Waals surface area contributed by atoms with Gasteiger partial charge in [0.25, 0.3) is 0 Å². The van der Waals surface area contributed by atoms with Gasteiger partial charge in [0.05, 0.1) is 10.6 Å². The molecule has 0 aliphatic heterocycles. The minimum Gasteiger partial charge on any atom is -0.379 e. The molecule has 22 heavy (non-hydrogen) atoms. The van der Waals surface area contributed by atoms with Gasteiger partial charge in [0.2, 0.25) is 0 Å². The molecule has 0 radical (unpaired) electrons. The summed E-state index contributed by atoms with van der Waals surface area (Å²) < 4.78 is 29.8. The summed E-state index contributed by atoms with van der Waals surface area (Å²) in [6.45, 7) is 0. The Hall–Kier alpha value is -2.03. The van der Waals surface area contributed by atoms with Gasteiger partial charge >= 0.3 is 10.1 Å². The van der Waals surface area contributed by atoms with E-state index in [2.05, 4.69) is 0 Å². The van der Waals surface area contributed by atoms with Crippen molar-refractivity contribution in [3.05, 3.63) is 58.1 Å². The third-order valence-electron chi connectivity index (χ3n) is 3.63. The van der Waals surface area contributed by atoms with E-state index in [0.717, 1.165) is 24.8 Å². The maximum atomic E-state index is 12.3. The monoisotopic (exact) mass is 333 g/mol. The number of fused-ring (bicyclic) bond motifs is 1. The molecular weight excluding hydrogens is 322 g/mol. The van der Waals surface area contributed by atoms with E-state index in [9.17, 15) is 8.42 Å². The first-order valence-electron chi connectivity index (χ1n) is 6.75. The second kappa shape index (κ2) is 5.64. The topological polar surface area (TPSA) is 67.2 Å². The van der Waals surface area contributed by atoms with E-state index in [1.165, 1.54) is 23.8 Å². The van der Waals surface area contributed by atoms with Crippen molar-refractivity contribution in [3.63, 3.8) is 0 Å². The Morgan fingerprint density at radius 1 is 1.09 bits per heavy atom. The molecule has 0 unspecified atom stereocenters. The van der Waals surface area contributed by atoms with Crippen molar-refractivity contribution < 1.29 is 12.6 Å². The number of aryl methyl sites for hydroxylation is 2. The molecule has 0 heterocycles. The summed E-state index contributed by atoms with van der Waals surface area (Å²) in [6, 6.07) is 11.1. The molecule has 112 valence electrons. The number of nitrogens with zero attached hydrogens (tertiary/aromatic N) is 1. The number of benzene rings is 2. The molecule has 0 bridgehead atoms. The summed E-state index contributed by atoms with van der Waals surface area (Å²) in [4.78, 5) is -0.0722. The highest BCUT2D eigenvalue weighted by atomic mass is 35.5. The Morgan fingerprint density at radius 2 is 1.86 bits per heavy atom. The number of rotatable bonds is 3. The third-order valence-corrected chi connectivity index (χ3v) is 5.18. The van der Waals surface area contributed by atoms with Gasteiger partial charge in [-0.3, -0.25) is 0 Å². The van der Waals surface area contributed by atoms with Gasteiger partial charge in [-0.1, -0.05) is 17.7 Å². The lowest BCUT2D eigenvalue weighted by Crippen LogP contribution is -2.10. The van der Waals surface area contributed by atoms with Crippen LogP contribution in [0.5, 0.6) is 5.75 Å². The quantitative estimate of drug-likeness (QED) is 0.807. The molecule has 0 saturated carbocycles. The van der Waals surface area contributed by atoms with Crippen LogP contribution in [0, 0.1) is 11.3 Å². The SMILES string of the molecule is N#Cc1ccc(S(=O)(=O)Oc2ccc3c(c2)CCC3)cc1Cl. The highest BCUT2D eigenvalue weighted by molar-refractivity contribution is 7.87. The molecule has 0 saturated heterocycles. The molecular formula is C16H12ClNO3S. The van der Waals surface area contributed by atoms with Crippen LogP contribution in [-0.2, 0) is 23.0 Å². The largest absolute Gasteiger partial charge is 0.379 e. The zero-order valence-corrected chi connectivity index (χ0v) is 13.1. The fraction of sp³-hybridized carbons (Fsp3) is 0.188. The van der Waals surface area contributed by atoms with Crippen LogP contribution in [0.1, 0.15) is 23.1 Å². The van der Waals surface area contributed by atoms with Crippen LogP contribution in [0.3, 0.4) is 0 Å². The fourth-order valence-electron chi connectivity index (χ4n) is 2.52. The Balaban J connectivity index is 1.91. The predicted octanol–water partition coefficient (Wildman–Crippen LogP) is 3.47. The molecule has 2 aromatic rings. The maximum Gasteiger partial charge on any atom is 0.339 e. The summed E-state index contributed by atoms with van der Waals surface area (Å²) >= 11 is 5.87. The first-order chi connectivity index (χ1) is 10.5. The van der Waals surface area contributed by atoms with E-state index in [1.54, 1.807) is 12.1 Å². The van der Waals surface area contributed by atoms with Crippen molar-refractivity contribution in [3.8, 4) is 11.8 Å². The smallest absolute Gasteiger partial charge is 0.339 e. The van der Waals surface area contributed by atoms with Crippen molar-refractivity contribution >= 4 is 21.7 Å². The van der Waals surface area contributed by atoms with Crippen LogP contribution in [0.4, 0.5) is 0 Å². The fourth-order valence-corrected chi connectivity index (χ4v) is 3.75. The van der Waals surface area contributed by atoms with Crippen LogP contribution in [0.25, 0.3) is 0 Å². The summed E-state index contributed by atoms with van der Waals surface area (Å²) in [6.07, 6.45) is 3.04. The minimum absolute atomic E-state index is 0.0722. The number of nitriles is 1. The molecule has 0 amide bonds. The van der Waals surface area contributed by atoms with E-state index in [0.29, 0.717) is 5.75 Å². The Kier molecular flexibility index (Phi) is 3.81. The van der Waals surface area contributed by atoms with E-state index >= 15 is 0 Å². The van der Waals surface area contributed by atoms with Gasteiger partial charge in [0.1, 0.15) is 16.7 Å². The van der Waals surface area contributed by atoms with Gasteiger partial charge in [-0.15, -0.1) is 0 Å². The van der Waals surface area contributed by atoms with Gasteiger partial charge in [-0.05, 0) is 60.7 Å². The Morgan fingerprint density at radius 3 is 2.59 bits per heavy atom. The van der Waals surface area contributed by atoms with Crippen LogP contribution in [0.2, 0.25) is 5.02 Å². The number of halogens is 1. The number of hydrogen-bond donors (Lipinski definition) is 0. The van der Waals surface area contributed by atoms with Crippen LogP contribution in [-0.4, -0.2) is 8.42 Å². The van der Waals surface area contributed by atoms with Crippen molar-refractivity contribution in [2.45, 2.75) is 24.2 Å². The van der Waals surface area contributed by atoms with Gasteiger partial charge < -0.3 is 4.18 Å². The second-order valence-corrected chi connectivity index (χ2v) is 7.03. The lowest BCUT2D eigenvalue weighted by Gasteiger charge is -2.09. The summed E-state index contributed by atoms with van der Waals surface area (Å²) in [5.74, 6) is 0.293. The van der Waals surface area contributed by atoms with E-state index in [4.69, 9.17) is 21.0 Å². The molecule has 6 heteroatoms. The predicted molar refractivity (Wildman–Crippen MR) is 82.4 cm³/mol. The molecule has 1 aliphatic rings. The minimum atomic E-state index is -3.97. The normalized spacial score (nSPS) is 13.5. The van der Waals surface area contributed by atoms with Gasteiger partial charge in [0.15, 0.2) is 0 Å². The molecule has 4 nitrogen and oxygen atoms in total. The zero-order chi connectivity index (χ0) is 15.7. The summed E-state index contributed by atoms with van der Waals surface area (Å²) in [5, 5.41) is 8.91. The summed E-state index contributed by atoms with van der Waals surface area (Å²) in [7, 11) is -3.97. The van der Waals surface area contributed by atoms with Crippen molar-refractivity contribution in [2.75, 3.05) is 0 Å². The molecule has 0 N–H and O–H groups in total. The average molecular weight is 334 g/mol. The second-order valence-electron chi connectivity index (χ2n) is 5.07. The standard InChI is InChI=1S/C16H12ClNO3S/c17-16-9-15(7-5-13(16)10-18)22(19,20)21-14-6-4-11-2-1-3-12(11)8-14/h4-9H,1-3H2. The molecule has 2 aromatic carbocycles. The lowest BCUT2D eigenvalue weighted by molar-refractivity contribution is 0.486. The first kappa shape index (κ1) is 14.9. The van der Waals surface area contributed by atoms with E-state index in [1.807, 2.05) is 12.1 Å². The molecule has 0 aromatic heterocycles. The van der Waals surface area contributed by atoms with Crippen LogP contribution in [0.15, 0.2) is 41.3 Å². The maximum absolute atomic E-state index is 12.3. The molecule has 3 rings (SSSR count). The highest BCUT2D eigenvalue weighted by Gasteiger charge is 2.19. The Labute approximate surface area is 134 Å². The van der Waals surface area contributed by atoms with Crippen molar-refractivity contribution in [2.24, 2.45) is 0 Å². The zero-order valence-electron chi connectivity index (χ0n) is 11.5.